The number of nitrogens with zero attached hydrogens (tertiary/aromatic N) is 1. The van der Waals surface area contributed by atoms with E-state index in [0.29, 0.717) is 12.0 Å². The summed E-state index contributed by atoms with van der Waals surface area (Å²) < 4.78 is 38.2. The maximum absolute atomic E-state index is 12.7. The van der Waals surface area contributed by atoms with Crippen molar-refractivity contribution in [2.45, 2.75) is 22.7 Å². The molecule has 1 nitrogen and oxygen atoms in total. The monoisotopic (exact) mass is 305 g/mol. The van der Waals surface area contributed by atoms with Crippen molar-refractivity contribution in [3.8, 4) is 6.07 Å². The molecular formula is C16H10F3NS. The summed E-state index contributed by atoms with van der Waals surface area (Å²) in [6.45, 7) is 0. The van der Waals surface area contributed by atoms with E-state index in [1.807, 2.05) is 12.1 Å². The van der Waals surface area contributed by atoms with Crippen molar-refractivity contribution in [3.05, 3.63) is 64.7 Å². The zero-order chi connectivity index (χ0) is 15.0. The number of benzene rings is 2. The molecule has 2 aromatic rings. The molecule has 0 saturated carbocycles. The SMILES string of the molecule is N#Cc1ccc(C2Cc3cc(C(F)(F)F)ccc3S2)cc1. The van der Waals surface area contributed by atoms with Crippen molar-refractivity contribution in [1.29, 1.82) is 5.26 Å². The predicted molar refractivity (Wildman–Crippen MR) is 74.9 cm³/mol. The molecule has 0 bridgehead atoms. The summed E-state index contributed by atoms with van der Waals surface area (Å²) in [5.41, 5.74) is 1.76. The highest BCUT2D eigenvalue weighted by Gasteiger charge is 2.33. The highest BCUT2D eigenvalue weighted by atomic mass is 32.2. The van der Waals surface area contributed by atoms with E-state index in [1.165, 1.54) is 6.07 Å². The minimum Gasteiger partial charge on any atom is -0.192 e. The van der Waals surface area contributed by atoms with Gasteiger partial charge in [-0.3, -0.25) is 0 Å². The molecule has 0 saturated heterocycles. The molecule has 0 fully saturated rings. The number of fused-ring (bicyclic) bond motifs is 1. The fourth-order valence-corrected chi connectivity index (χ4v) is 3.69. The standard InChI is InChI=1S/C16H10F3NS/c17-16(18,19)13-5-6-14-12(7-13)8-15(21-14)11-3-1-10(9-20)2-4-11/h1-7,15H,8H2. The van der Waals surface area contributed by atoms with Crippen molar-refractivity contribution >= 4 is 11.8 Å². The molecule has 1 atom stereocenters. The van der Waals surface area contributed by atoms with E-state index in [2.05, 4.69) is 6.07 Å². The minimum atomic E-state index is -4.30. The van der Waals surface area contributed by atoms with Crippen LogP contribution in [-0.4, -0.2) is 0 Å². The molecule has 0 radical (unpaired) electrons. The van der Waals surface area contributed by atoms with Gasteiger partial charge in [-0.05, 0) is 47.9 Å². The van der Waals surface area contributed by atoms with Gasteiger partial charge in [-0.15, -0.1) is 11.8 Å². The van der Waals surface area contributed by atoms with E-state index >= 15 is 0 Å². The van der Waals surface area contributed by atoms with Crippen LogP contribution in [0.5, 0.6) is 0 Å². The zero-order valence-electron chi connectivity index (χ0n) is 10.8. The van der Waals surface area contributed by atoms with Crippen LogP contribution in [0.2, 0.25) is 0 Å². The Morgan fingerprint density at radius 2 is 1.81 bits per heavy atom. The Hall–Kier alpha value is -1.93. The predicted octanol–water partition coefficient (Wildman–Crippen LogP) is 4.97. The zero-order valence-corrected chi connectivity index (χ0v) is 11.6. The lowest BCUT2D eigenvalue weighted by Crippen LogP contribution is -2.05. The van der Waals surface area contributed by atoms with Crippen molar-refractivity contribution in [2.75, 3.05) is 0 Å². The van der Waals surface area contributed by atoms with Gasteiger partial charge in [0.15, 0.2) is 0 Å². The lowest BCUT2D eigenvalue weighted by Gasteiger charge is -2.08. The third-order valence-electron chi connectivity index (χ3n) is 3.47. The van der Waals surface area contributed by atoms with Crippen molar-refractivity contribution in [1.82, 2.24) is 0 Å². The van der Waals surface area contributed by atoms with Crippen molar-refractivity contribution in [2.24, 2.45) is 0 Å². The highest BCUT2D eigenvalue weighted by molar-refractivity contribution is 7.99. The van der Waals surface area contributed by atoms with E-state index in [4.69, 9.17) is 5.26 Å². The second-order valence-electron chi connectivity index (χ2n) is 4.86. The number of thioether (sulfide) groups is 1. The lowest BCUT2D eigenvalue weighted by atomic mass is 10.0. The van der Waals surface area contributed by atoms with Gasteiger partial charge in [0.05, 0.1) is 17.2 Å². The second kappa shape index (κ2) is 5.12. The topological polar surface area (TPSA) is 23.8 Å². The lowest BCUT2D eigenvalue weighted by molar-refractivity contribution is -0.137. The van der Waals surface area contributed by atoms with Crippen LogP contribution < -0.4 is 0 Å². The summed E-state index contributed by atoms with van der Waals surface area (Å²) in [6, 6.07) is 13.2. The summed E-state index contributed by atoms with van der Waals surface area (Å²) in [5.74, 6) is 0. The summed E-state index contributed by atoms with van der Waals surface area (Å²) in [7, 11) is 0. The fraction of sp³-hybridized carbons (Fsp3) is 0.188. The summed E-state index contributed by atoms with van der Waals surface area (Å²) >= 11 is 1.57. The summed E-state index contributed by atoms with van der Waals surface area (Å²) in [6.07, 6.45) is -3.72. The molecule has 1 unspecified atom stereocenters. The van der Waals surface area contributed by atoms with Crippen molar-refractivity contribution < 1.29 is 13.2 Å². The first-order valence-corrected chi connectivity index (χ1v) is 7.22. The molecule has 1 aliphatic rings. The first-order chi connectivity index (χ1) is 9.97. The van der Waals surface area contributed by atoms with Gasteiger partial charge in [0.25, 0.3) is 0 Å². The van der Waals surface area contributed by atoms with Crippen LogP contribution in [0.4, 0.5) is 13.2 Å². The molecule has 1 heterocycles. The van der Waals surface area contributed by atoms with Crippen LogP contribution in [0.25, 0.3) is 0 Å². The number of alkyl halides is 3. The number of nitriles is 1. The van der Waals surface area contributed by atoms with Gasteiger partial charge >= 0.3 is 6.18 Å². The van der Waals surface area contributed by atoms with Gasteiger partial charge in [-0.1, -0.05) is 12.1 Å². The summed E-state index contributed by atoms with van der Waals surface area (Å²) in [5, 5.41) is 8.89. The fourth-order valence-electron chi connectivity index (χ4n) is 2.38. The Morgan fingerprint density at radius 3 is 2.43 bits per heavy atom. The molecule has 21 heavy (non-hydrogen) atoms. The normalized spacial score (nSPS) is 17.3. The number of halogens is 3. The molecule has 0 aromatic heterocycles. The quantitative estimate of drug-likeness (QED) is 0.743. The van der Waals surface area contributed by atoms with Crippen LogP contribution >= 0.6 is 11.8 Å². The number of hydrogen-bond acceptors (Lipinski definition) is 2. The molecule has 2 aromatic carbocycles. The summed E-state index contributed by atoms with van der Waals surface area (Å²) in [4.78, 5) is 0.900. The Kier molecular flexibility index (Phi) is 3.42. The van der Waals surface area contributed by atoms with Crippen LogP contribution in [0, 0.1) is 11.3 Å². The van der Waals surface area contributed by atoms with Crippen LogP contribution in [0.3, 0.4) is 0 Å². The van der Waals surface area contributed by atoms with Crippen LogP contribution in [0.15, 0.2) is 47.4 Å². The molecular weight excluding hydrogens is 295 g/mol. The molecule has 0 N–H and O–H groups in total. The second-order valence-corrected chi connectivity index (χ2v) is 6.11. The number of rotatable bonds is 1. The smallest absolute Gasteiger partial charge is 0.192 e. The molecule has 0 spiro atoms. The highest BCUT2D eigenvalue weighted by Crippen LogP contribution is 2.47. The largest absolute Gasteiger partial charge is 0.416 e. The van der Waals surface area contributed by atoms with E-state index in [-0.39, 0.29) is 5.25 Å². The maximum atomic E-state index is 12.7. The Balaban J connectivity index is 1.85. The average Bonchev–Trinajstić information content (AvgIpc) is 2.89. The molecule has 106 valence electrons. The number of hydrogen-bond donors (Lipinski definition) is 0. The molecule has 5 heteroatoms. The third kappa shape index (κ3) is 2.77. The van der Waals surface area contributed by atoms with Gasteiger partial charge in [0.1, 0.15) is 0 Å². The Labute approximate surface area is 124 Å². The first kappa shape index (κ1) is 14.0. The Bertz CT molecular complexity index is 714. The van der Waals surface area contributed by atoms with E-state index in [0.717, 1.165) is 22.1 Å². The van der Waals surface area contributed by atoms with Gasteiger partial charge in [-0.25, -0.2) is 0 Å². The maximum Gasteiger partial charge on any atom is 0.416 e. The van der Waals surface area contributed by atoms with Crippen LogP contribution in [-0.2, 0) is 12.6 Å². The molecule has 0 amide bonds. The minimum absolute atomic E-state index is 0.108. The van der Waals surface area contributed by atoms with Crippen LogP contribution in [0.1, 0.15) is 27.5 Å². The third-order valence-corrected chi connectivity index (χ3v) is 4.85. The van der Waals surface area contributed by atoms with Gasteiger partial charge in [-0.2, -0.15) is 18.4 Å². The van der Waals surface area contributed by atoms with Crippen molar-refractivity contribution in [3.63, 3.8) is 0 Å². The Morgan fingerprint density at radius 1 is 1.10 bits per heavy atom. The van der Waals surface area contributed by atoms with Gasteiger partial charge in [0.2, 0.25) is 0 Å². The molecule has 0 aliphatic carbocycles. The van der Waals surface area contributed by atoms with Gasteiger partial charge in [0, 0.05) is 10.1 Å². The van der Waals surface area contributed by atoms with Gasteiger partial charge < -0.3 is 0 Å². The van der Waals surface area contributed by atoms with E-state index < -0.39 is 11.7 Å². The average molecular weight is 305 g/mol. The first-order valence-electron chi connectivity index (χ1n) is 6.34. The van der Waals surface area contributed by atoms with E-state index in [9.17, 15) is 13.2 Å². The molecule has 1 aliphatic heterocycles. The molecule has 3 rings (SSSR count). The van der Waals surface area contributed by atoms with E-state index in [1.54, 1.807) is 30.0 Å².